The van der Waals surface area contributed by atoms with E-state index >= 15 is 0 Å². The lowest BCUT2D eigenvalue weighted by Gasteiger charge is -2.27. The Morgan fingerprint density at radius 3 is 2.48 bits per heavy atom. The number of aromatic amines is 1. The van der Waals surface area contributed by atoms with E-state index in [2.05, 4.69) is 15.3 Å². The second-order valence-corrected chi connectivity index (χ2v) is 11.7. The second-order valence-electron chi connectivity index (χ2n) is 10.6. The van der Waals surface area contributed by atoms with Gasteiger partial charge in [0.15, 0.2) is 0 Å². The summed E-state index contributed by atoms with van der Waals surface area (Å²) in [6, 6.07) is 27.3. The summed E-state index contributed by atoms with van der Waals surface area (Å²) in [6.07, 6.45) is 5.22. The highest BCUT2D eigenvalue weighted by Crippen LogP contribution is 2.47. The molecule has 0 radical (unpaired) electrons. The van der Waals surface area contributed by atoms with E-state index < -0.39 is 0 Å². The van der Waals surface area contributed by atoms with E-state index in [9.17, 15) is 9.59 Å². The molecule has 2 atom stereocenters. The summed E-state index contributed by atoms with van der Waals surface area (Å²) >= 11 is 1.68. The molecule has 42 heavy (non-hydrogen) atoms. The molecule has 1 saturated heterocycles. The number of H-pyrrole nitrogens is 1. The maximum Gasteiger partial charge on any atom is 0.411 e. The summed E-state index contributed by atoms with van der Waals surface area (Å²) in [7, 11) is 0. The molecule has 3 heterocycles. The van der Waals surface area contributed by atoms with Crippen molar-refractivity contribution in [1.29, 1.82) is 0 Å². The van der Waals surface area contributed by atoms with Gasteiger partial charge in [0.1, 0.15) is 23.8 Å². The Morgan fingerprint density at radius 2 is 1.71 bits per heavy atom. The number of benzene rings is 3. The Bertz CT molecular complexity index is 1720. The molecule has 1 aliphatic carbocycles. The molecule has 2 N–H and O–H groups in total. The summed E-state index contributed by atoms with van der Waals surface area (Å²) in [5.41, 5.74) is 6.30. The van der Waals surface area contributed by atoms with Crippen LogP contribution in [0, 0.1) is 0 Å². The summed E-state index contributed by atoms with van der Waals surface area (Å²) in [5.74, 6) is 1.36. The molecule has 1 saturated carbocycles. The third-order valence-electron chi connectivity index (χ3n) is 7.62. The molecule has 210 valence electrons. The van der Waals surface area contributed by atoms with Gasteiger partial charge in [-0.15, -0.1) is 11.8 Å². The number of nitrogens with one attached hydrogen (secondary N) is 2. The van der Waals surface area contributed by atoms with Crippen molar-refractivity contribution in [3.8, 4) is 11.1 Å². The van der Waals surface area contributed by atoms with Crippen LogP contribution < -0.4 is 5.32 Å². The number of amides is 2. The Labute approximate surface area is 247 Å². The first-order valence-corrected chi connectivity index (χ1v) is 15.1. The lowest BCUT2D eigenvalue weighted by molar-refractivity contribution is 0.0818. The first kappa shape index (κ1) is 26.3. The summed E-state index contributed by atoms with van der Waals surface area (Å²) < 4.78 is 5.81. The van der Waals surface area contributed by atoms with Crippen molar-refractivity contribution < 1.29 is 14.3 Å². The van der Waals surface area contributed by atoms with Gasteiger partial charge in [-0.1, -0.05) is 48.5 Å². The van der Waals surface area contributed by atoms with Gasteiger partial charge in [0.25, 0.3) is 5.91 Å². The smallest absolute Gasteiger partial charge is 0.411 e. The van der Waals surface area contributed by atoms with Crippen molar-refractivity contribution >= 4 is 34.8 Å². The van der Waals surface area contributed by atoms with Crippen LogP contribution in [0.25, 0.3) is 22.2 Å². The van der Waals surface area contributed by atoms with Crippen LogP contribution in [-0.2, 0) is 11.3 Å². The van der Waals surface area contributed by atoms with Crippen LogP contribution in [0.15, 0.2) is 97.3 Å². The fourth-order valence-corrected chi connectivity index (χ4v) is 6.62. The van der Waals surface area contributed by atoms with Crippen molar-refractivity contribution in [2.45, 2.75) is 36.9 Å². The summed E-state index contributed by atoms with van der Waals surface area (Å²) in [6.45, 7) is 0.196. The molecular formula is C33H29N5O3S. The largest absolute Gasteiger partial charge is 0.444 e. The SMILES string of the molecule is O=C(NC1CC1)c1ccc(-c2ccc3[nH]c([C@@H]4CSC(c5ccncc5)N4C(=O)OCc4ccccc4)nc3c2)cc1. The minimum absolute atomic E-state index is 0.0252. The summed E-state index contributed by atoms with van der Waals surface area (Å²) in [5, 5.41) is 2.81. The van der Waals surface area contributed by atoms with Gasteiger partial charge >= 0.3 is 6.09 Å². The van der Waals surface area contributed by atoms with Crippen molar-refractivity contribution in [1.82, 2.24) is 25.2 Å². The van der Waals surface area contributed by atoms with Gasteiger partial charge in [-0.25, -0.2) is 9.78 Å². The predicted molar refractivity (Wildman–Crippen MR) is 163 cm³/mol. The van der Waals surface area contributed by atoms with E-state index in [4.69, 9.17) is 9.72 Å². The molecule has 8 nitrogen and oxygen atoms in total. The molecule has 2 aromatic heterocycles. The molecule has 1 unspecified atom stereocenters. The maximum absolute atomic E-state index is 13.6. The van der Waals surface area contributed by atoms with Crippen LogP contribution in [0.4, 0.5) is 4.79 Å². The number of aromatic nitrogens is 3. The van der Waals surface area contributed by atoms with Gasteiger partial charge in [-0.2, -0.15) is 0 Å². The minimum Gasteiger partial charge on any atom is -0.444 e. The van der Waals surface area contributed by atoms with E-state index in [0.717, 1.165) is 52.0 Å². The van der Waals surface area contributed by atoms with Crippen LogP contribution in [0.2, 0.25) is 0 Å². The summed E-state index contributed by atoms with van der Waals surface area (Å²) in [4.78, 5) is 40.3. The third-order valence-corrected chi connectivity index (χ3v) is 8.94. The van der Waals surface area contributed by atoms with E-state index in [1.807, 2.05) is 84.9 Å². The highest BCUT2D eigenvalue weighted by Gasteiger charge is 2.42. The minimum atomic E-state index is -0.386. The number of pyridine rings is 1. The Balaban J connectivity index is 1.14. The molecule has 0 bridgehead atoms. The number of hydrogen-bond donors (Lipinski definition) is 2. The van der Waals surface area contributed by atoms with Crippen molar-refractivity contribution in [3.63, 3.8) is 0 Å². The van der Waals surface area contributed by atoms with Gasteiger partial charge < -0.3 is 15.0 Å². The van der Waals surface area contributed by atoms with Crippen LogP contribution in [0.5, 0.6) is 0 Å². The van der Waals surface area contributed by atoms with Crippen LogP contribution in [0.3, 0.4) is 0 Å². The standard InChI is InChI=1S/C33H29N5O3S/c39-31(35-26-11-12-26)23-8-6-22(7-9-23)25-10-13-27-28(18-25)37-30(36-27)29-20-42-32(24-14-16-34-17-15-24)38(29)33(40)41-19-21-4-2-1-3-5-21/h1-10,13-18,26,29,32H,11-12,19-20H2,(H,35,39)(H,36,37)/t29-,32?/m0/s1. The zero-order valence-corrected chi connectivity index (χ0v) is 23.6. The Kier molecular flexibility index (Phi) is 7.09. The zero-order chi connectivity index (χ0) is 28.5. The molecule has 2 aliphatic rings. The maximum atomic E-state index is 13.6. The van der Waals surface area contributed by atoms with Crippen molar-refractivity contribution in [2.24, 2.45) is 0 Å². The second kappa shape index (κ2) is 11.3. The van der Waals surface area contributed by atoms with E-state index in [1.54, 1.807) is 29.1 Å². The topological polar surface area (TPSA) is 100 Å². The average Bonchev–Trinajstić information content (AvgIpc) is 3.57. The van der Waals surface area contributed by atoms with Gasteiger partial charge in [-0.3, -0.25) is 14.7 Å². The number of nitrogens with zero attached hydrogens (tertiary/aromatic N) is 3. The van der Waals surface area contributed by atoms with Gasteiger partial charge in [0, 0.05) is 29.8 Å². The highest BCUT2D eigenvalue weighted by atomic mass is 32.2. The molecule has 2 amide bonds. The van der Waals surface area contributed by atoms with E-state index in [0.29, 0.717) is 17.4 Å². The predicted octanol–water partition coefficient (Wildman–Crippen LogP) is 6.64. The average molecular weight is 576 g/mol. The van der Waals surface area contributed by atoms with Gasteiger partial charge in [-0.05, 0) is 71.5 Å². The fraction of sp³-hybridized carbons (Fsp3) is 0.212. The first-order chi connectivity index (χ1) is 20.6. The molecule has 9 heteroatoms. The number of carbonyl (C=O) groups excluding carboxylic acids is 2. The molecule has 7 rings (SSSR count). The molecule has 1 aliphatic heterocycles. The molecule has 0 spiro atoms. The molecular weight excluding hydrogens is 546 g/mol. The van der Waals surface area contributed by atoms with Crippen LogP contribution in [0.1, 0.15) is 51.6 Å². The number of ether oxygens (including phenoxy) is 1. The van der Waals surface area contributed by atoms with Crippen LogP contribution >= 0.6 is 11.8 Å². The first-order valence-electron chi connectivity index (χ1n) is 14.0. The number of hydrogen-bond acceptors (Lipinski definition) is 6. The lowest BCUT2D eigenvalue weighted by Crippen LogP contribution is -2.34. The lowest BCUT2D eigenvalue weighted by atomic mass is 10.0. The number of fused-ring (bicyclic) bond motifs is 1. The molecule has 3 aromatic carbocycles. The fourth-order valence-electron chi connectivity index (χ4n) is 5.19. The van der Waals surface area contributed by atoms with Gasteiger partial charge in [0.05, 0.1) is 11.0 Å². The molecule has 5 aromatic rings. The van der Waals surface area contributed by atoms with Crippen molar-refractivity contribution in [3.05, 3.63) is 120 Å². The van der Waals surface area contributed by atoms with Crippen molar-refractivity contribution in [2.75, 3.05) is 5.75 Å². The number of carbonyl (C=O) groups is 2. The zero-order valence-electron chi connectivity index (χ0n) is 22.8. The monoisotopic (exact) mass is 575 g/mol. The Morgan fingerprint density at radius 1 is 0.952 bits per heavy atom. The Hall–Kier alpha value is -4.63. The molecule has 2 fully saturated rings. The van der Waals surface area contributed by atoms with Gasteiger partial charge in [0.2, 0.25) is 0 Å². The van der Waals surface area contributed by atoms with E-state index in [1.165, 1.54) is 0 Å². The number of imidazole rings is 1. The van der Waals surface area contributed by atoms with Crippen LogP contribution in [-0.4, -0.2) is 43.6 Å². The third kappa shape index (κ3) is 5.47. The highest BCUT2D eigenvalue weighted by molar-refractivity contribution is 7.99. The quantitative estimate of drug-likeness (QED) is 0.226. The van der Waals surface area contributed by atoms with E-state index in [-0.39, 0.29) is 30.0 Å². The number of rotatable bonds is 7. The number of thioether (sulfide) groups is 1. The normalized spacial score (nSPS) is 18.2.